The van der Waals surface area contributed by atoms with Crippen LogP contribution in [0, 0.1) is 5.92 Å². The fourth-order valence-electron chi connectivity index (χ4n) is 5.67. The molecule has 184 valence electrons. The fraction of sp³-hybridized carbons (Fsp3) is 0.176. The summed E-state index contributed by atoms with van der Waals surface area (Å²) >= 11 is 0. The SMILES string of the molecule is C=C(/C=C\C=C/C)C(=O)/C(C(=C)C)=C1/c2ccccc2C(=O)C1C1C2=CC=CCC2Oc2ccccc21. The van der Waals surface area contributed by atoms with Gasteiger partial charge in [-0.05, 0) is 42.2 Å². The van der Waals surface area contributed by atoms with Gasteiger partial charge in [0, 0.05) is 34.6 Å². The molecular formula is C34H30O3. The Morgan fingerprint density at radius 2 is 1.73 bits per heavy atom. The van der Waals surface area contributed by atoms with E-state index in [9.17, 15) is 9.59 Å². The summed E-state index contributed by atoms with van der Waals surface area (Å²) in [6.07, 6.45) is 14.0. The van der Waals surface area contributed by atoms with Crippen molar-refractivity contribution in [1.29, 1.82) is 0 Å². The van der Waals surface area contributed by atoms with Crippen LogP contribution in [0.3, 0.4) is 0 Å². The standard InChI is InChI=1S/C34H30O3/c1-5-6-7-14-22(4)33(35)29(21(2)3)31-23-15-8-9-16-24(23)34(36)32(31)30-25-17-10-12-19-27(25)37-28-20-13-11-18-26(28)30/h5-19,28,30,32H,2,4,20H2,1,3H3/b6-5-,14-7-,31-29-. The first-order valence-electron chi connectivity index (χ1n) is 12.6. The smallest absolute Gasteiger partial charge is 0.192 e. The highest BCUT2D eigenvalue weighted by atomic mass is 16.5. The summed E-state index contributed by atoms with van der Waals surface area (Å²) in [5.74, 6) is -0.250. The fourth-order valence-corrected chi connectivity index (χ4v) is 5.67. The van der Waals surface area contributed by atoms with E-state index in [2.05, 4.69) is 25.3 Å². The molecule has 3 aliphatic rings. The number of benzene rings is 2. The van der Waals surface area contributed by atoms with Crippen LogP contribution in [-0.4, -0.2) is 17.7 Å². The molecule has 2 aromatic rings. The first-order chi connectivity index (χ1) is 17.9. The van der Waals surface area contributed by atoms with Gasteiger partial charge in [-0.2, -0.15) is 0 Å². The topological polar surface area (TPSA) is 43.4 Å². The van der Waals surface area contributed by atoms with Crippen LogP contribution in [0.2, 0.25) is 0 Å². The largest absolute Gasteiger partial charge is 0.485 e. The molecular weight excluding hydrogens is 456 g/mol. The second-order valence-corrected chi connectivity index (χ2v) is 9.65. The third-order valence-corrected chi connectivity index (χ3v) is 7.25. The Balaban J connectivity index is 1.77. The van der Waals surface area contributed by atoms with Crippen molar-refractivity contribution in [2.75, 3.05) is 0 Å². The molecule has 1 heterocycles. The number of Topliss-reactive ketones (excluding diaryl/α,β-unsaturated/α-hetero) is 2. The average molecular weight is 487 g/mol. The Bertz CT molecular complexity index is 1470. The molecule has 37 heavy (non-hydrogen) atoms. The maximum atomic E-state index is 14.2. The van der Waals surface area contributed by atoms with Crippen LogP contribution in [0.25, 0.3) is 5.57 Å². The maximum absolute atomic E-state index is 14.2. The normalized spacial score (nSPS) is 23.2. The van der Waals surface area contributed by atoms with Gasteiger partial charge in [-0.1, -0.05) is 98.2 Å². The van der Waals surface area contributed by atoms with E-state index in [1.807, 2.05) is 80.6 Å². The van der Waals surface area contributed by atoms with E-state index >= 15 is 0 Å². The van der Waals surface area contributed by atoms with Gasteiger partial charge in [0.25, 0.3) is 0 Å². The molecule has 5 rings (SSSR count). The molecule has 0 saturated carbocycles. The van der Waals surface area contributed by atoms with E-state index < -0.39 is 5.92 Å². The zero-order chi connectivity index (χ0) is 26.1. The molecule has 0 fully saturated rings. The molecule has 0 bridgehead atoms. The number of carbonyl (C=O) groups is 2. The Morgan fingerprint density at radius 3 is 2.49 bits per heavy atom. The van der Waals surface area contributed by atoms with E-state index in [0.717, 1.165) is 34.4 Å². The summed E-state index contributed by atoms with van der Waals surface area (Å²) in [5.41, 5.74) is 5.61. The van der Waals surface area contributed by atoms with Gasteiger partial charge in [-0.3, -0.25) is 9.59 Å². The van der Waals surface area contributed by atoms with Crippen LogP contribution in [0.1, 0.15) is 47.7 Å². The third-order valence-electron chi connectivity index (χ3n) is 7.25. The Morgan fingerprint density at radius 1 is 1.00 bits per heavy atom. The van der Waals surface area contributed by atoms with Crippen molar-refractivity contribution in [3.63, 3.8) is 0 Å². The van der Waals surface area contributed by atoms with Crippen LogP contribution in [0.15, 0.2) is 127 Å². The van der Waals surface area contributed by atoms with E-state index in [4.69, 9.17) is 4.74 Å². The molecule has 0 N–H and O–H groups in total. The molecule has 3 nitrogen and oxygen atoms in total. The van der Waals surface area contributed by atoms with Crippen molar-refractivity contribution in [3.8, 4) is 5.75 Å². The van der Waals surface area contributed by atoms with Gasteiger partial charge >= 0.3 is 0 Å². The molecule has 0 radical (unpaired) electrons. The Hall–Kier alpha value is -4.24. The highest BCUT2D eigenvalue weighted by Crippen LogP contribution is 2.54. The minimum Gasteiger partial charge on any atom is -0.485 e. The number of allylic oxidation sites excluding steroid dienone is 10. The van der Waals surface area contributed by atoms with Crippen LogP contribution in [0.4, 0.5) is 0 Å². The number of hydrogen-bond donors (Lipinski definition) is 0. The first-order valence-corrected chi connectivity index (χ1v) is 12.6. The summed E-state index contributed by atoms with van der Waals surface area (Å²) in [4.78, 5) is 28.1. The van der Waals surface area contributed by atoms with Gasteiger partial charge in [0.2, 0.25) is 0 Å². The van der Waals surface area contributed by atoms with Gasteiger partial charge in [-0.15, -0.1) is 0 Å². The van der Waals surface area contributed by atoms with Gasteiger partial charge < -0.3 is 4.74 Å². The molecule has 3 atom stereocenters. The molecule has 3 heteroatoms. The van der Waals surface area contributed by atoms with Gasteiger partial charge in [0.05, 0.1) is 5.92 Å². The summed E-state index contributed by atoms with van der Waals surface area (Å²) in [5, 5.41) is 0. The lowest BCUT2D eigenvalue weighted by Crippen LogP contribution is -2.34. The summed E-state index contributed by atoms with van der Waals surface area (Å²) in [6.45, 7) is 12.0. The number of hydrogen-bond acceptors (Lipinski definition) is 3. The summed E-state index contributed by atoms with van der Waals surface area (Å²) < 4.78 is 6.36. The highest BCUT2D eigenvalue weighted by molar-refractivity contribution is 6.23. The first kappa shape index (κ1) is 24.5. The second kappa shape index (κ2) is 10.0. The number of fused-ring (bicyclic) bond motifs is 3. The van der Waals surface area contributed by atoms with Gasteiger partial charge in [-0.25, -0.2) is 0 Å². The highest BCUT2D eigenvalue weighted by Gasteiger charge is 2.48. The van der Waals surface area contributed by atoms with Gasteiger partial charge in [0.1, 0.15) is 11.9 Å². The molecule has 0 aromatic heterocycles. The number of carbonyl (C=O) groups excluding carboxylic acids is 2. The predicted molar refractivity (Wildman–Crippen MR) is 150 cm³/mol. The van der Waals surface area contributed by atoms with Crippen molar-refractivity contribution < 1.29 is 14.3 Å². The lowest BCUT2D eigenvalue weighted by Gasteiger charge is -2.39. The third kappa shape index (κ3) is 4.21. The van der Waals surface area contributed by atoms with Gasteiger partial charge in [0.15, 0.2) is 11.6 Å². The molecule has 1 aliphatic heterocycles. The molecule has 3 unspecified atom stereocenters. The van der Waals surface area contributed by atoms with Crippen LogP contribution >= 0.6 is 0 Å². The Kier molecular flexibility index (Phi) is 6.62. The maximum Gasteiger partial charge on any atom is 0.192 e. The average Bonchev–Trinajstić information content (AvgIpc) is 3.19. The minimum absolute atomic E-state index is 0.0168. The minimum atomic E-state index is -0.578. The molecule has 0 saturated heterocycles. The molecule has 2 aromatic carbocycles. The Labute approximate surface area is 218 Å². The van der Waals surface area contributed by atoms with E-state index in [1.165, 1.54) is 0 Å². The number of ketones is 2. The molecule has 0 amide bonds. The van der Waals surface area contributed by atoms with E-state index in [1.54, 1.807) is 12.2 Å². The van der Waals surface area contributed by atoms with Crippen LogP contribution in [-0.2, 0) is 4.79 Å². The monoisotopic (exact) mass is 486 g/mol. The van der Waals surface area contributed by atoms with E-state index in [0.29, 0.717) is 22.3 Å². The quantitative estimate of drug-likeness (QED) is 0.313. The molecule has 0 spiro atoms. The zero-order valence-electron chi connectivity index (χ0n) is 21.2. The van der Waals surface area contributed by atoms with Crippen molar-refractivity contribution in [2.24, 2.45) is 5.92 Å². The van der Waals surface area contributed by atoms with Crippen molar-refractivity contribution >= 4 is 17.1 Å². The van der Waals surface area contributed by atoms with Crippen molar-refractivity contribution in [1.82, 2.24) is 0 Å². The lowest BCUT2D eigenvalue weighted by atomic mass is 9.70. The number of rotatable bonds is 6. The lowest BCUT2D eigenvalue weighted by molar-refractivity contribution is -0.111. The van der Waals surface area contributed by atoms with Crippen LogP contribution < -0.4 is 4.74 Å². The van der Waals surface area contributed by atoms with Crippen LogP contribution in [0.5, 0.6) is 5.75 Å². The predicted octanol–water partition coefficient (Wildman–Crippen LogP) is 7.52. The summed E-state index contributed by atoms with van der Waals surface area (Å²) in [7, 11) is 0. The second-order valence-electron chi connectivity index (χ2n) is 9.65. The van der Waals surface area contributed by atoms with Crippen molar-refractivity contribution in [3.05, 3.63) is 143 Å². The molecule has 2 aliphatic carbocycles. The summed E-state index contributed by atoms with van der Waals surface area (Å²) in [6, 6.07) is 15.5. The number of para-hydroxylation sites is 1. The number of ether oxygens (including phenoxy) is 1. The van der Waals surface area contributed by atoms with E-state index in [-0.39, 0.29) is 23.6 Å². The zero-order valence-corrected chi connectivity index (χ0v) is 21.2. The van der Waals surface area contributed by atoms with Crippen molar-refractivity contribution in [2.45, 2.75) is 32.3 Å².